The average molecular weight is 211 g/mol. The molecule has 1 aliphatic heterocycles. The molecule has 1 amide bonds. The van der Waals surface area contributed by atoms with Gasteiger partial charge < -0.3 is 9.64 Å². The first kappa shape index (κ1) is 11.8. The molecule has 4 heteroatoms. The zero-order valence-electron chi connectivity index (χ0n) is 9.07. The van der Waals surface area contributed by atoms with Crippen LogP contribution >= 0.6 is 0 Å². The first-order valence-corrected chi connectivity index (χ1v) is 5.19. The summed E-state index contributed by atoms with van der Waals surface area (Å²) in [5, 5.41) is 0. The Morgan fingerprint density at radius 1 is 1.60 bits per heavy atom. The first-order chi connectivity index (χ1) is 7.15. The third-order valence-corrected chi connectivity index (χ3v) is 2.46. The van der Waals surface area contributed by atoms with Crippen molar-refractivity contribution in [2.75, 3.05) is 13.2 Å². The van der Waals surface area contributed by atoms with Gasteiger partial charge in [-0.3, -0.25) is 4.79 Å². The highest BCUT2D eigenvalue weighted by Crippen LogP contribution is 2.21. The van der Waals surface area contributed by atoms with E-state index in [1.54, 1.807) is 11.8 Å². The zero-order valence-corrected chi connectivity index (χ0v) is 9.07. The number of hydrogen-bond donors (Lipinski definition) is 0. The van der Waals surface area contributed by atoms with Gasteiger partial charge in [-0.1, -0.05) is 12.7 Å². The molecule has 1 aliphatic rings. The molecule has 1 unspecified atom stereocenters. The van der Waals surface area contributed by atoms with E-state index in [1.807, 2.05) is 0 Å². The van der Waals surface area contributed by atoms with Gasteiger partial charge in [0.2, 0.25) is 0 Å². The number of likely N-dealkylation sites (tertiary alicyclic amines) is 1. The first-order valence-electron chi connectivity index (χ1n) is 5.19. The van der Waals surface area contributed by atoms with Gasteiger partial charge in [0, 0.05) is 19.0 Å². The summed E-state index contributed by atoms with van der Waals surface area (Å²) in [6.45, 7) is 5.94. The number of Topliss-reactive ketones (excluding diaryl/α,β-unsaturated/α-hetero) is 1. The fourth-order valence-electron chi connectivity index (χ4n) is 1.83. The highest BCUT2D eigenvalue weighted by atomic mass is 16.6. The Bertz CT molecular complexity index is 263. The van der Waals surface area contributed by atoms with Gasteiger partial charge in [-0.05, 0) is 19.8 Å². The molecule has 0 aromatic rings. The summed E-state index contributed by atoms with van der Waals surface area (Å²) in [6, 6.07) is 0.0276. The summed E-state index contributed by atoms with van der Waals surface area (Å²) >= 11 is 0. The number of hydrogen-bond acceptors (Lipinski definition) is 3. The maximum Gasteiger partial charge on any atom is 0.410 e. The van der Waals surface area contributed by atoms with E-state index in [0.29, 0.717) is 13.0 Å². The molecule has 1 rings (SSSR count). The third kappa shape index (κ3) is 3.38. The van der Waals surface area contributed by atoms with Crippen LogP contribution in [0.4, 0.5) is 4.79 Å². The predicted octanol–water partition coefficient (Wildman–Crippen LogP) is 1.75. The number of carbonyl (C=O) groups excluding carboxylic acids is 2. The number of ether oxygens (including phenoxy) is 1. The van der Waals surface area contributed by atoms with Gasteiger partial charge in [0.15, 0.2) is 0 Å². The van der Waals surface area contributed by atoms with Crippen molar-refractivity contribution in [3.05, 3.63) is 12.7 Å². The van der Waals surface area contributed by atoms with Crippen LogP contribution in [0.1, 0.15) is 26.2 Å². The Morgan fingerprint density at radius 2 is 2.33 bits per heavy atom. The quantitative estimate of drug-likeness (QED) is 0.665. The summed E-state index contributed by atoms with van der Waals surface area (Å²) in [7, 11) is 0. The number of carbonyl (C=O) groups is 2. The third-order valence-electron chi connectivity index (χ3n) is 2.46. The van der Waals surface area contributed by atoms with Crippen molar-refractivity contribution < 1.29 is 14.3 Å². The van der Waals surface area contributed by atoms with Crippen molar-refractivity contribution in [2.24, 2.45) is 0 Å². The van der Waals surface area contributed by atoms with Gasteiger partial charge in [0.1, 0.15) is 12.4 Å². The number of ketones is 1. The largest absolute Gasteiger partial charge is 0.445 e. The van der Waals surface area contributed by atoms with E-state index >= 15 is 0 Å². The Morgan fingerprint density at radius 3 is 2.93 bits per heavy atom. The van der Waals surface area contributed by atoms with Crippen molar-refractivity contribution in [1.82, 2.24) is 4.90 Å². The van der Waals surface area contributed by atoms with Gasteiger partial charge >= 0.3 is 6.09 Å². The topological polar surface area (TPSA) is 46.6 Å². The normalized spacial score (nSPS) is 20.1. The molecular formula is C11H17NO3. The minimum atomic E-state index is -0.335. The summed E-state index contributed by atoms with van der Waals surface area (Å²) in [5.74, 6) is 0.114. The smallest absolute Gasteiger partial charge is 0.410 e. The molecule has 0 saturated carbocycles. The molecule has 0 radical (unpaired) electrons. The molecule has 15 heavy (non-hydrogen) atoms. The van der Waals surface area contributed by atoms with E-state index < -0.39 is 0 Å². The molecule has 1 fully saturated rings. The molecule has 0 bridgehead atoms. The second-order valence-corrected chi connectivity index (χ2v) is 3.76. The minimum Gasteiger partial charge on any atom is -0.445 e. The molecule has 1 atom stereocenters. The predicted molar refractivity (Wildman–Crippen MR) is 56.6 cm³/mol. The molecule has 0 aromatic heterocycles. The van der Waals surface area contributed by atoms with Crippen LogP contribution in [0.15, 0.2) is 12.7 Å². The van der Waals surface area contributed by atoms with Crippen molar-refractivity contribution in [1.29, 1.82) is 0 Å². The van der Waals surface area contributed by atoms with Gasteiger partial charge in [-0.15, -0.1) is 0 Å². The molecule has 1 saturated heterocycles. The van der Waals surface area contributed by atoms with Crippen LogP contribution in [0.3, 0.4) is 0 Å². The molecule has 0 aromatic carbocycles. The van der Waals surface area contributed by atoms with Crippen LogP contribution in [0.2, 0.25) is 0 Å². The number of nitrogens with zero attached hydrogens (tertiary/aromatic N) is 1. The minimum absolute atomic E-state index is 0.0276. The number of amides is 1. The Kier molecular flexibility index (Phi) is 4.34. The van der Waals surface area contributed by atoms with E-state index in [4.69, 9.17) is 4.74 Å². The zero-order chi connectivity index (χ0) is 11.3. The van der Waals surface area contributed by atoms with Crippen LogP contribution in [0.5, 0.6) is 0 Å². The fraction of sp³-hybridized carbons (Fsp3) is 0.636. The van der Waals surface area contributed by atoms with Crippen molar-refractivity contribution in [3.8, 4) is 0 Å². The standard InChI is InChI=1S/C11H17NO3/c1-3-7-15-11(14)12-6-4-5-10(12)8-9(2)13/h3,10H,1,4-8H2,2H3. The van der Waals surface area contributed by atoms with Crippen LogP contribution in [0, 0.1) is 0 Å². The van der Waals surface area contributed by atoms with E-state index in [2.05, 4.69) is 6.58 Å². The second-order valence-electron chi connectivity index (χ2n) is 3.76. The van der Waals surface area contributed by atoms with E-state index in [9.17, 15) is 9.59 Å². The lowest BCUT2D eigenvalue weighted by molar-refractivity contribution is -0.117. The summed E-state index contributed by atoms with van der Waals surface area (Å²) in [6.07, 6.45) is 3.47. The van der Waals surface area contributed by atoms with Crippen LogP contribution in [0.25, 0.3) is 0 Å². The lowest BCUT2D eigenvalue weighted by Crippen LogP contribution is -2.37. The summed E-state index contributed by atoms with van der Waals surface area (Å²) in [4.78, 5) is 24.2. The van der Waals surface area contributed by atoms with Crippen LogP contribution in [-0.2, 0) is 9.53 Å². The Labute approximate surface area is 89.9 Å². The van der Waals surface area contributed by atoms with Crippen molar-refractivity contribution in [2.45, 2.75) is 32.2 Å². The van der Waals surface area contributed by atoms with Crippen LogP contribution in [-0.4, -0.2) is 36.0 Å². The van der Waals surface area contributed by atoms with Gasteiger partial charge in [0.25, 0.3) is 0 Å². The molecule has 0 aliphatic carbocycles. The van der Waals surface area contributed by atoms with E-state index in [1.165, 1.54) is 6.08 Å². The van der Waals surface area contributed by atoms with Gasteiger partial charge in [0.05, 0.1) is 0 Å². The summed E-state index contributed by atoms with van der Waals surface area (Å²) < 4.78 is 4.94. The van der Waals surface area contributed by atoms with Gasteiger partial charge in [-0.2, -0.15) is 0 Å². The molecule has 4 nitrogen and oxygen atoms in total. The fourth-order valence-corrected chi connectivity index (χ4v) is 1.83. The molecule has 0 spiro atoms. The maximum absolute atomic E-state index is 11.5. The Balaban J connectivity index is 2.47. The van der Waals surface area contributed by atoms with Crippen molar-refractivity contribution in [3.63, 3.8) is 0 Å². The van der Waals surface area contributed by atoms with Gasteiger partial charge in [-0.25, -0.2) is 4.79 Å². The monoisotopic (exact) mass is 211 g/mol. The Hall–Kier alpha value is -1.32. The SMILES string of the molecule is C=CCOC(=O)N1CCCC1CC(C)=O. The highest BCUT2D eigenvalue weighted by Gasteiger charge is 2.30. The maximum atomic E-state index is 11.5. The lowest BCUT2D eigenvalue weighted by Gasteiger charge is -2.22. The van der Waals surface area contributed by atoms with E-state index in [-0.39, 0.29) is 24.5 Å². The molecule has 84 valence electrons. The molecule has 1 heterocycles. The highest BCUT2D eigenvalue weighted by molar-refractivity contribution is 5.77. The molecule has 0 N–H and O–H groups in total. The van der Waals surface area contributed by atoms with Crippen LogP contribution < -0.4 is 0 Å². The number of rotatable bonds is 4. The average Bonchev–Trinajstić information content (AvgIpc) is 2.61. The lowest BCUT2D eigenvalue weighted by atomic mass is 10.1. The molecular weight excluding hydrogens is 194 g/mol. The van der Waals surface area contributed by atoms with E-state index in [0.717, 1.165) is 12.8 Å². The summed E-state index contributed by atoms with van der Waals surface area (Å²) in [5.41, 5.74) is 0. The van der Waals surface area contributed by atoms with Crippen molar-refractivity contribution >= 4 is 11.9 Å². The second kappa shape index (κ2) is 5.53.